The summed E-state index contributed by atoms with van der Waals surface area (Å²) in [5.74, 6) is 5.84. The van der Waals surface area contributed by atoms with E-state index >= 15 is 0 Å². The number of nitrogens with zero attached hydrogens (tertiary/aromatic N) is 3. The molecule has 0 aromatic carbocycles. The molecule has 0 aliphatic carbocycles. The Kier molecular flexibility index (Phi) is 2.78. The summed E-state index contributed by atoms with van der Waals surface area (Å²) < 4.78 is 1.73. The Balaban J connectivity index is 2.87. The molecule has 1 aromatic rings. The van der Waals surface area contributed by atoms with Gasteiger partial charge >= 0.3 is 0 Å². The quantitative estimate of drug-likeness (QED) is 0.492. The van der Waals surface area contributed by atoms with Crippen molar-refractivity contribution in [2.75, 3.05) is 0 Å². The van der Waals surface area contributed by atoms with Gasteiger partial charge in [-0.05, 0) is 5.92 Å². The molecule has 0 saturated heterocycles. The van der Waals surface area contributed by atoms with Crippen LogP contribution in [0.1, 0.15) is 25.6 Å². The van der Waals surface area contributed by atoms with E-state index in [2.05, 4.69) is 29.6 Å². The van der Waals surface area contributed by atoms with Crippen molar-refractivity contribution >= 4 is 0 Å². The highest BCUT2D eigenvalue weighted by Gasteiger charge is 2.17. The van der Waals surface area contributed by atoms with E-state index < -0.39 is 0 Å². The highest BCUT2D eigenvalue weighted by atomic mass is 15.4. The average molecular weight is 169 g/mol. The van der Waals surface area contributed by atoms with Gasteiger partial charge in [-0.1, -0.05) is 19.1 Å². The first-order valence-electron chi connectivity index (χ1n) is 3.97. The highest BCUT2D eigenvalue weighted by molar-refractivity contribution is 5.02. The fourth-order valence-electron chi connectivity index (χ4n) is 1.20. The molecule has 1 unspecified atom stereocenters. The molecule has 0 aliphatic rings. The number of rotatable bonds is 3. The Morgan fingerprint density at radius 3 is 2.58 bits per heavy atom. The van der Waals surface area contributed by atoms with Crippen molar-refractivity contribution in [3.05, 3.63) is 11.9 Å². The second-order valence-electron chi connectivity index (χ2n) is 3.17. The lowest BCUT2D eigenvalue weighted by Gasteiger charge is -2.18. The van der Waals surface area contributed by atoms with Crippen LogP contribution in [-0.4, -0.2) is 15.0 Å². The zero-order valence-corrected chi connectivity index (χ0v) is 7.65. The Labute approximate surface area is 71.9 Å². The van der Waals surface area contributed by atoms with Crippen LogP contribution in [0.2, 0.25) is 0 Å². The lowest BCUT2D eigenvalue weighted by Crippen LogP contribution is -2.32. The first-order valence-corrected chi connectivity index (χ1v) is 3.97. The lowest BCUT2D eigenvalue weighted by atomic mass is 10.0. The summed E-state index contributed by atoms with van der Waals surface area (Å²) in [5.41, 5.74) is 3.75. The van der Waals surface area contributed by atoms with Gasteiger partial charge in [0.1, 0.15) is 0 Å². The first-order chi connectivity index (χ1) is 5.66. The van der Waals surface area contributed by atoms with E-state index in [1.165, 1.54) is 0 Å². The Hall–Kier alpha value is -0.940. The minimum atomic E-state index is 0.116. The van der Waals surface area contributed by atoms with E-state index in [0.717, 1.165) is 5.69 Å². The van der Waals surface area contributed by atoms with Crippen molar-refractivity contribution in [1.82, 2.24) is 20.4 Å². The molecule has 0 bridgehead atoms. The Morgan fingerprint density at radius 1 is 1.58 bits per heavy atom. The average Bonchev–Trinajstić information content (AvgIpc) is 2.38. The van der Waals surface area contributed by atoms with Crippen LogP contribution in [-0.2, 0) is 7.05 Å². The number of nitrogens with two attached hydrogens (primary N) is 1. The molecule has 5 heteroatoms. The topological polar surface area (TPSA) is 68.8 Å². The van der Waals surface area contributed by atoms with Crippen molar-refractivity contribution in [1.29, 1.82) is 0 Å². The predicted molar refractivity (Wildman–Crippen MR) is 45.9 cm³/mol. The smallest absolute Gasteiger partial charge is 0.0769 e. The molecule has 0 saturated carbocycles. The number of aromatic nitrogens is 3. The maximum atomic E-state index is 5.41. The molecular weight excluding hydrogens is 154 g/mol. The van der Waals surface area contributed by atoms with Crippen LogP contribution in [0.25, 0.3) is 0 Å². The Bertz CT molecular complexity index is 242. The third-order valence-electron chi connectivity index (χ3n) is 1.91. The number of aryl methyl sites for hydroxylation is 1. The SMILES string of the molecule is CC(C)C(NN)c1cnnn1C. The van der Waals surface area contributed by atoms with Crippen LogP contribution in [0, 0.1) is 5.92 Å². The molecule has 0 aliphatic heterocycles. The van der Waals surface area contributed by atoms with E-state index in [-0.39, 0.29) is 6.04 Å². The normalized spacial score (nSPS) is 13.8. The van der Waals surface area contributed by atoms with Gasteiger partial charge in [-0.15, -0.1) is 5.10 Å². The molecule has 0 amide bonds. The van der Waals surface area contributed by atoms with E-state index in [1.54, 1.807) is 10.9 Å². The van der Waals surface area contributed by atoms with Crippen molar-refractivity contribution in [3.63, 3.8) is 0 Å². The van der Waals surface area contributed by atoms with Gasteiger partial charge < -0.3 is 0 Å². The molecule has 5 nitrogen and oxygen atoms in total. The molecule has 1 rings (SSSR count). The molecule has 12 heavy (non-hydrogen) atoms. The number of nitrogens with one attached hydrogen (secondary N) is 1. The lowest BCUT2D eigenvalue weighted by molar-refractivity contribution is 0.397. The largest absolute Gasteiger partial charge is 0.271 e. The minimum Gasteiger partial charge on any atom is -0.271 e. The zero-order valence-electron chi connectivity index (χ0n) is 7.65. The fraction of sp³-hybridized carbons (Fsp3) is 0.714. The van der Waals surface area contributed by atoms with Crippen LogP contribution < -0.4 is 11.3 Å². The number of hydrogen-bond donors (Lipinski definition) is 2. The highest BCUT2D eigenvalue weighted by Crippen LogP contribution is 2.18. The molecule has 68 valence electrons. The summed E-state index contributed by atoms with van der Waals surface area (Å²) in [4.78, 5) is 0. The molecule has 1 aromatic heterocycles. The van der Waals surface area contributed by atoms with E-state index in [4.69, 9.17) is 5.84 Å². The van der Waals surface area contributed by atoms with Gasteiger partial charge in [0.25, 0.3) is 0 Å². The maximum Gasteiger partial charge on any atom is 0.0769 e. The van der Waals surface area contributed by atoms with Crippen molar-refractivity contribution < 1.29 is 0 Å². The van der Waals surface area contributed by atoms with Gasteiger partial charge in [-0.25, -0.2) is 0 Å². The van der Waals surface area contributed by atoms with Gasteiger partial charge in [0.15, 0.2) is 0 Å². The van der Waals surface area contributed by atoms with Crippen molar-refractivity contribution in [2.45, 2.75) is 19.9 Å². The van der Waals surface area contributed by atoms with E-state index in [1.807, 2.05) is 7.05 Å². The van der Waals surface area contributed by atoms with Crippen LogP contribution in [0.15, 0.2) is 6.20 Å². The molecular formula is C7H15N5. The number of hydrogen-bond acceptors (Lipinski definition) is 4. The van der Waals surface area contributed by atoms with Crippen molar-refractivity contribution in [3.8, 4) is 0 Å². The summed E-state index contributed by atoms with van der Waals surface area (Å²) >= 11 is 0. The molecule has 0 radical (unpaired) electrons. The van der Waals surface area contributed by atoms with Crippen LogP contribution in [0.5, 0.6) is 0 Å². The van der Waals surface area contributed by atoms with Gasteiger partial charge in [0.2, 0.25) is 0 Å². The van der Waals surface area contributed by atoms with Gasteiger partial charge in [0, 0.05) is 7.05 Å². The second kappa shape index (κ2) is 3.64. The summed E-state index contributed by atoms with van der Waals surface area (Å²) in [6.07, 6.45) is 1.73. The van der Waals surface area contributed by atoms with Gasteiger partial charge in [-0.3, -0.25) is 16.0 Å². The van der Waals surface area contributed by atoms with Gasteiger partial charge in [-0.2, -0.15) is 0 Å². The molecule has 0 spiro atoms. The van der Waals surface area contributed by atoms with Crippen molar-refractivity contribution in [2.24, 2.45) is 18.8 Å². The molecule has 0 fully saturated rings. The predicted octanol–water partition coefficient (Wildman–Crippen LogP) is -0.0245. The van der Waals surface area contributed by atoms with Crippen LogP contribution >= 0.6 is 0 Å². The summed E-state index contributed by atoms with van der Waals surface area (Å²) in [6, 6.07) is 0.116. The first kappa shape index (κ1) is 9.15. The number of hydrazine groups is 1. The Morgan fingerprint density at radius 2 is 2.25 bits per heavy atom. The standard InChI is InChI=1S/C7H15N5/c1-5(2)7(10-8)6-4-9-11-12(6)3/h4-5,7,10H,8H2,1-3H3. The molecule has 1 heterocycles. The monoisotopic (exact) mass is 169 g/mol. The van der Waals surface area contributed by atoms with Crippen LogP contribution in [0.4, 0.5) is 0 Å². The second-order valence-corrected chi connectivity index (χ2v) is 3.17. The zero-order chi connectivity index (χ0) is 9.14. The third-order valence-corrected chi connectivity index (χ3v) is 1.91. The molecule has 3 N–H and O–H groups in total. The van der Waals surface area contributed by atoms with Crippen LogP contribution in [0.3, 0.4) is 0 Å². The van der Waals surface area contributed by atoms with E-state index in [9.17, 15) is 0 Å². The third kappa shape index (κ3) is 1.62. The summed E-state index contributed by atoms with van der Waals surface area (Å²) in [7, 11) is 1.86. The minimum absolute atomic E-state index is 0.116. The molecule has 1 atom stereocenters. The maximum absolute atomic E-state index is 5.41. The summed E-state index contributed by atoms with van der Waals surface area (Å²) in [5, 5.41) is 7.63. The summed E-state index contributed by atoms with van der Waals surface area (Å²) in [6.45, 7) is 4.19. The van der Waals surface area contributed by atoms with Gasteiger partial charge in [0.05, 0.1) is 17.9 Å². The fourth-order valence-corrected chi connectivity index (χ4v) is 1.20. The van der Waals surface area contributed by atoms with E-state index in [0.29, 0.717) is 5.92 Å².